The highest BCUT2D eigenvalue weighted by molar-refractivity contribution is 6.09. The summed E-state index contributed by atoms with van der Waals surface area (Å²) in [5.74, 6) is 1.11. The molecule has 10 nitrogen and oxygen atoms in total. The molecule has 0 unspecified atom stereocenters. The molecule has 10 heteroatoms. The van der Waals surface area contributed by atoms with Crippen LogP contribution >= 0.6 is 0 Å². The van der Waals surface area contributed by atoms with Crippen LogP contribution in [-0.2, 0) is 0 Å². The Morgan fingerprint density at radius 1 is 0.946 bits per heavy atom. The van der Waals surface area contributed by atoms with E-state index in [4.69, 9.17) is 5.73 Å². The van der Waals surface area contributed by atoms with Gasteiger partial charge in [-0.2, -0.15) is 5.10 Å². The normalized spacial score (nSPS) is 13.2. The fraction of sp³-hybridized carbons (Fsp3) is 0.222. The van der Waals surface area contributed by atoms with Gasteiger partial charge in [-0.15, -0.1) is 0 Å². The van der Waals surface area contributed by atoms with Gasteiger partial charge in [0.1, 0.15) is 0 Å². The van der Waals surface area contributed by atoms with Crippen LogP contribution in [0.3, 0.4) is 0 Å². The topological polar surface area (TPSA) is 137 Å². The number of aryl methyl sites for hydroxylation is 3. The molecule has 0 radical (unpaired) electrons. The molecule has 0 aromatic carbocycles. The molecule has 0 aliphatic heterocycles. The zero-order chi connectivity index (χ0) is 25.7. The van der Waals surface area contributed by atoms with Crippen LogP contribution < -0.4 is 11.1 Å². The highest BCUT2D eigenvalue weighted by Crippen LogP contribution is 2.39. The van der Waals surface area contributed by atoms with E-state index in [1.807, 2.05) is 57.6 Å². The molecule has 3 N–H and O–H groups in total. The summed E-state index contributed by atoms with van der Waals surface area (Å²) >= 11 is 0. The van der Waals surface area contributed by atoms with Gasteiger partial charge >= 0.3 is 0 Å². The maximum atomic E-state index is 13.4. The van der Waals surface area contributed by atoms with Gasteiger partial charge in [0.25, 0.3) is 5.91 Å². The van der Waals surface area contributed by atoms with Crippen molar-refractivity contribution in [1.82, 2.24) is 34.5 Å². The van der Waals surface area contributed by atoms with Crippen molar-refractivity contribution in [2.24, 2.45) is 0 Å². The molecular weight excluding hydrogens is 466 g/mol. The Labute approximate surface area is 213 Å². The van der Waals surface area contributed by atoms with Gasteiger partial charge in [0.2, 0.25) is 5.95 Å². The molecule has 0 atom stereocenters. The summed E-state index contributed by atoms with van der Waals surface area (Å²) < 4.78 is 1.66. The number of hydrogen-bond donors (Lipinski definition) is 2. The number of rotatable bonds is 5. The van der Waals surface area contributed by atoms with Crippen molar-refractivity contribution < 1.29 is 4.79 Å². The van der Waals surface area contributed by atoms with Crippen LogP contribution in [0.4, 0.5) is 11.6 Å². The zero-order valence-electron chi connectivity index (χ0n) is 20.7. The second kappa shape index (κ2) is 8.74. The summed E-state index contributed by atoms with van der Waals surface area (Å²) in [6.07, 6.45) is 11.2. The Bertz CT molecular complexity index is 1650. The molecule has 0 bridgehead atoms. The van der Waals surface area contributed by atoms with Crippen LogP contribution in [0, 0.1) is 20.8 Å². The predicted molar refractivity (Wildman–Crippen MR) is 140 cm³/mol. The van der Waals surface area contributed by atoms with Crippen molar-refractivity contribution in [1.29, 1.82) is 0 Å². The maximum Gasteiger partial charge on any atom is 0.259 e. The molecule has 5 aromatic heterocycles. The third-order valence-electron chi connectivity index (χ3n) is 6.66. The lowest BCUT2D eigenvalue weighted by atomic mass is 10.0. The number of nitrogens with zero attached hydrogens (tertiary/aromatic N) is 7. The molecule has 1 saturated carbocycles. The molecule has 6 rings (SSSR count). The number of hydrogen-bond acceptors (Lipinski definition) is 8. The summed E-state index contributed by atoms with van der Waals surface area (Å²) in [6, 6.07) is 5.68. The van der Waals surface area contributed by atoms with Crippen molar-refractivity contribution >= 4 is 23.1 Å². The van der Waals surface area contributed by atoms with Gasteiger partial charge in [0.05, 0.1) is 40.0 Å². The molecule has 5 heterocycles. The quantitative estimate of drug-likeness (QED) is 0.372. The SMILES string of the molecule is Cc1ncc(-c2ncc(C3CC3)cn2)cc1NC(=O)c1cnn2ccc(-c3c(C)nc(N)nc3C)cc12. The Kier molecular flexibility index (Phi) is 5.36. The average molecular weight is 492 g/mol. The minimum absolute atomic E-state index is 0.236. The van der Waals surface area contributed by atoms with Gasteiger partial charge in [-0.1, -0.05) is 0 Å². The number of pyridine rings is 2. The first-order valence-electron chi connectivity index (χ1n) is 12.1. The van der Waals surface area contributed by atoms with Crippen LogP contribution in [0.2, 0.25) is 0 Å². The summed E-state index contributed by atoms with van der Waals surface area (Å²) in [5.41, 5.74) is 13.4. The summed E-state index contributed by atoms with van der Waals surface area (Å²) in [4.78, 5) is 35.5. The highest BCUT2D eigenvalue weighted by Gasteiger charge is 2.24. The molecular formula is C27H25N9O. The maximum absolute atomic E-state index is 13.4. The lowest BCUT2D eigenvalue weighted by Crippen LogP contribution is -2.13. The minimum Gasteiger partial charge on any atom is -0.368 e. The molecule has 1 amide bonds. The molecule has 0 saturated heterocycles. The molecule has 1 aliphatic rings. The van der Waals surface area contributed by atoms with Crippen LogP contribution in [0.5, 0.6) is 0 Å². The van der Waals surface area contributed by atoms with Crippen LogP contribution in [0.15, 0.2) is 49.2 Å². The van der Waals surface area contributed by atoms with E-state index >= 15 is 0 Å². The van der Waals surface area contributed by atoms with E-state index in [-0.39, 0.29) is 11.9 Å². The Morgan fingerprint density at radius 2 is 1.68 bits per heavy atom. The monoisotopic (exact) mass is 491 g/mol. The third-order valence-corrected chi connectivity index (χ3v) is 6.66. The predicted octanol–water partition coefficient (Wildman–Crippen LogP) is 4.28. The highest BCUT2D eigenvalue weighted by atomic mass is 16.1. The fourth-order valence-electron chi connectivity index (χ4n) is 4.56. The first kappa shape index (κ1) is 22.7. The van der Waals surface area contributed by atoms with Crippen molar-refractivity contribution in [3.63, 3.8) is 0 Å². The number of nitrogens with one attached hydrogen (secondary N) is 1. The van der Waals surface area contributed by atoms with Crippen molar-refractivity contribution in [2.75, 3.05) is 11.1 Å². The number of carbonyl (C=O) groups excluding carboxylic acids is 1. The number of carbonyl (C=O) groups is 1. The lowest BCUT2D eigenvalue weighted by molar-refractivity contribution is 0.102. The summed E-state index contributed by atoms with van der Waals surface area (Å²) in [6.45, 7) is 5.62. The molecule has 1 fully saturated rings. The van der Waals surface area contributed by atoms with Crippen LogP contribution in [-0.4, -0.2) is 40.4 Å². The Balaban J connectivity index is 1.31. The van der Waals surface area contributed by atoms with E-state index in [1.54, 1.807) is 16.9 Å². The van der Waals surface area contributed by atoms with Crippen molar-refractivity contribution in [2.45, 2.75) is 39.5 Å². The molecule has 0 spiro atoms. The second-order valence-electron chi connectivity index (χ2n) is 9.36. The largest absolute Gasteiger partial charge is 0.368 e. The minimum atomic E-state index is -0.291. The number of aromatic nitrogens is 7. The third kappa shape index (κ3) is 4.26. The van der Waals surface area contributed by atoms with E-state index < -0.39 is 0 Å². The Morgan fingerprint density at radius 3 is 2.38 bits per heavy atom. The van der Waals surface area contributed by atoms with Gasteiger partial charge in [-0.25, -0.2) is 24.5 Å². The standard InChI is InChI=1S/C27H25N9O/c1-14-22(8-19(10-29-14)25-30-11-20(12-31-25)17-4-5-17)35-26(37)21-13-32-36-7-6-18(9-23(21)36)24-15(2)33-27(28)34-16(24)3/h6-13,17H,4-5H2,1-3H3,(H,35,37)(H2,28,33,34). The number of nitrogen functional groups attached to an aromatic ring is 1. The van der Waals surface area contributed by atoms with Gasteiger partial charge in [0.15, 0.2) is 5.82 Å². The van der Waals surface area contributed by atoms with Crippen molar-refractivity contribution in [3.8, 4) is 22.5 Å². The molecule has 1 aliphatic carbocycles. The number of nitrogens with two attached hydrogens (primary N) is 1. The summed E-state index contributed by atoms with van der Waals surface area (Å²) in [5, 5.41) is 7.35. The molecule has 184 valence electrons. The smallest absolute Gasteiger partial charge is 0.259 e. The lowest BCUT2D eigenvalue weighted by Gasteiger charge is -2.11. The van der Waals surface area contributed by atoms with Crippen LogP contribution in [0.1, 0.15) is 51.8 Å². The van der Waals surface area contributed by atoms with E-state index in [9.17, 15) is 4.79 Å². The van der Waals surface area contributed by atoms with Crippen LogP contribution in [0.25, 0.3) is 28.0 Å². The van der Waals surface area contributed by atoms with Gasteiger partial charge in [-0.3, -0.25) is 9.78 Å². The summed E-state index contributed by atoms with van der Waals surface area (Å²) in [7, 11) is 0. The number of anilines is 2. The number of amides is 1. The molecule has 5 aromatic rings. The van der Waals surface area contributed by atoms with Gasteiger partial charge in [-0.05, 0) is 68.9 Å². The number of fused-ring (bicyclic) bond motifs is 1. The van der Waals surface area contributed by atoms with E-state index in [0.29, 0.717) is 34.2 Å². The second-order valence-corrected chi connectivity index (χ2v) is 9.36. The van der Waals surface area contributed by atoms with Gasteiger partial charge < -0.3 is 11.1 Å². The first-order valence-corrected chi connectivity index (χ1v) is 12.1. The average Bonchev–Trinajstić information content (AvgIpc) is 3.64. The fourth-order valence-corrected chi connectivity index (χ4v) is 4.56. The van der Waals surface area contributed by atoms with E-state index in [0.717, 1.165) is 28.1 Å². The van der Waals surface area contributed by atoms with Crippen molar-refractivity contribution in [3.05, 3.63) is 77.4 Å². The zero-order valence-corrected chi connectivity index (χ0v) is 20.7. The van der Waals surface area contributed by atoms with E-state index in [1.165, 1.54) is 18.4 Å². The van der Waals surface area contributed by atoms with E-state index in [2.05, 4.69) is 35.3 Å². The molecule has 37 heavy (non-hydrogen) atoms. The van der Waals surface area contributed by atoms with Gasteiger partial charge in [0, 0.05) is 35.9 Å². The first-order chi connectivity index (χ1) is 17.9. The Hall–Kier alpha value is -4.73.